The van der Waals surface area contributed by atoms with E-state index in [9.17, 15) is 9.90 Å². The Labute approximate surface area is 225 Å². The highest BCUT2D eigenvalue weighted by atomic mass is 32.1. The zero-order valence-corrected chi connectivity index (χ0v) is 22.3. The van der Waals surface area contributed by atoms with Gasteiger partial charge < -0.3 is 29.2 Å². The monoisotopic (exact) mass is 539 g/mol. The Bertz CT molecular complexity index is 1380. The topological polar surface area (TPSA) is 113 Å². The maximum atomic E-state index is 10.6. The van der Waals surface area contributed by atoms with Crippen LogP contribution in [0.2, 0.25) is 0 Å². The lowest BCUT2D eigenvalue weighted by Gasteiger charge is -2.38. The number of carboxylic acids is 1. The number of furan rings is 1. The predicted octanol–water partition coefficient (Wildman–Crippen LogP) is 5.81. The summed E-state index contributed by atoms with van der Waals surface area (Å²) in [6.07, 6.45) is 3.34. The minimum atomic E-state index is -1.38. The Hall–Kier alpha value is -3.53. The molecule has 38 heavy (non-hydrogen) atoms. The highest BCUT2D eigenvalue weighted by Gasteiger charge is 2.29. The maximum Gasteiger partial charge on any atom is 0.370 e. The molecule has 0 radical (unpaired) electrons. The number of carboxylic acid groups (broad SMARTS) is 1. The summed E-state index contributed by atoms with van der Waals surface area (Å²) >= 11 is 1.88. The Kier molecular flexibility index (Phi) is 8.93. The lowest BCUT2D eigenvalue weighted by Crippen LogP contribution is -2.45. The quantitative estimate of drug-likeness (QED) is 0.190. The minimum absolute atomic E-state index is 0.273. The minimum Gasteiger partial charge on any atom is -0.502 e. The van der Waals surface area contributed by atoms with Crippen molar-refractivity contribution in [3.63, 3.8) is 0 Å². The van der Waals surface area contributed by atoms with Gasteiger partial charge in [0.1, 0.15) is 29.8 Å². The highest BCUT2D eigenvalue weighted by Crippen LogP contribution is 2.39. The molecule has 0 aliphatic carbocycles. The molecule has 1 aliphatic heterocycles. The van der Waals surface area contributed by atoms with Crippen molar-refractivity contribution in [1.29, 1.82) is 0 Å². The van der Waals surface area contributed by atoms with Crippen LogP contribution in [-0.2, 0) is 4.79 Å². The van der Waals surface area contributed by atoms with Crippen LogP contribution in [0.15, 0.2) is 71.5 Å². The predicted molar refractivity (Wildman–Crippen MR) is 149 cm³/mol. The van der Waals surface area contributed by atoms with Gasteiger partial charge in [0, 0.05) is 22.2 Å². The molecule has 5 rings (SSSR count). The van der Waals surface area contributed by atoms with E-state index in [1.165, 1.54) is 15.0 Å². The van der Waals surface area contributed by atoms with Crippen molar-refractivity contribution in [3.05, 3.63) is 72.0 Å². The van der Waals surface area contributed by atoms with Crippen molar-refractivity contribution in [3.8, 4) is 11.5 Å². The van der Waals surface area contributed by atoms with Crippen LogP contribution < -0.4 is 9.47 Å². The van der Waals surface area contributed by atoms with Crippen LogP contribution in [-0.4, -0.2) is 65.1 Å². The number of β-amino-alcohol motifs (C(OH)–C–C–N with tert-alkyl or cyclic N) is 1. The van der Waals surface area contributed by atoms with Gasteiger partial charge in [-0.2, -0.15) is 0 Å². The molecule has 3 heterocycles. The number of hydrogen-bond acceptors (Lipinski definition) is 8. The molecule has 1 aliphatic rings. The van der Waals surface area contributed by atoms with Crippen LogP contribution >= 0.6 is 11.3 Å². The van der Waals surface area contributed by atoms with Crippen LogP contribution in [0.25, 0.3) is 21.1 Å². The summed E-state index contributed by atoms with van der Waals surface area (Å²) in [4.78, 5) is 13.2. The second-order valence-corrected chi connectivity index (χ2v) is 10.5. The van der Waals surface area contributed by atoms with Gasteiger partial charge in [0.05, 0.1) is 18.8 Å². The van der Waals surface area contributed by atoms with E-state index in [1.54, 1.807) is 13.4 Å². The molecule has 0 bridgehead atoms. The lowest BCUT2D eigenvalue weighted by atomic mass is 9.90. The molecule has 3 atom stereocenters. The summed E-state index contributed by atoms with van der Waals surface area (Å²) < 4.78 is 18.0. The molecule has 2 aromatic heterocycles. The fourth-order valence-corrected chi connectivity index (χ4v) is 5.95. The summed E-state index contributed by atoms with van der Waals surface area (Å²) in [6, 6.07) is 16.7. The van der Waals surface area contributed by atoms with E-state index in [2.05, 4.69) is 36.6 Å². The fourth-order valence-electron chi connectivity index (χ4n) is 4.71. The largest absolute Gasteiger partial charge is 0.502 e. The summed E-state index contributed by atoms with van der Waals surface area (Å²) in [5, 5.41) is 28.3. The first kappa shape index (κ1) is 27.5. The van der Waals surface area contributed by atoms with Gasteiger partial charge in [0.2, 0.25) is 0 Å². The molecule has 0 amide bonds. The van der Waals surface area contributed by atoms with Gasteiger partial charge in [-0.05, 0) is 86.7 Å². The molecule has 2 aromatic carbocycles. The number of likely N-dealkylation sites (tertiary alicyclic amines) is 1. The number of nitrogens with zero attached hydrogens (tertiary/aromatic N) is 1. The highest BCUT2D eigenvalue weighted by molar-refractivity contribution is 7.19. The van der Waals surface area contributed by atoms with E-state index >= 15 is 0 Å². The van der Waals surface area contributed by atoms with Gasteiger partial charge in [-0.1, -0.05) is 6.07 Å². The third-order valence-electron chi connectivity index (χ3n) is 6.74. The van der Waals surface area contributed by atoms with E-state index in [0.29, 0.717) is 18.5 Å². The maximum absolute atomic E-state index is 10.6. The third kappa shape index (κ3) is 6.66. The van der Waals surface area contributed by atoms with Crippen LogP contribution in [0.4, 0.5) is 0 Å². The molecule has 1 saturated heterocycles. The lowest BCUT2D eigenvalue weighted by molar-refractivity contribution is -0.135. The van der Waals surface area contributed by atoms with Crippen molar-refractivity contribution in [2.24, 2.45) is 0 Å². The zero-order chi connectivity index (χ0) is 27.2. The van der Waals surface area contributed by atoms with E-state index in [4.69, 9.17) is 24.1 Å². The molecule has 1 fully saturated rings. The molecule has 4 aromatic rings. The fraction of sp³-hybridized carbons (Fsp3) is 0.345. The van der Waals surface area contributed by atoms with Crippen molar-refractivity contribution in [2.75, 3.05) is 26.8 Å². The number of methoxy groups -OCH3 is 1. The average molecular weight is 540 g/mol. The summed E-state index contributed by atoms with van der Waals surface area (Å²) in [5.74, 6) is 0.0273. The molecular formula is C29H33NO7S. The van der Waals surface area contributed by atoms with Crippen LogP contribution in [0, 0.1) is 0 Å². The molecule has 3 unspecified atom stereocenters. The molecular weight excluding hydrogens is 506 g/mol. The van der Waals surface area contributed by atoms with Gasteiger partial charge >= 0.3 is 5.97 Å². The molecule has 8 nitrogen and oxygen atoms in total. The van der Waals surface area contributed by atoms with E-state index in [-0.39, 0.29) is 6.61 Å². The van der Waals surface area contributed by atoms with Gasteiger partial charge in [-0.15, -0.1) is 11.3 Å². The number of aliphatic hydroxyl groups is 2. The van der Waals surface area contributed by atoms with E-state index < -0.39 is 17.8 Å². The van der Waals surface area contributed by atoms with Crippen LogP contribution in [0.3, 0.4) is 0 Å². The van der Waals surface area contributed by atoms with Crippen molar-refractivity contribution in [2.45, 2.75) is 37.8 Å². The molecule has 0 saturated carbocycles. The van der Waals surface area contributed by atoms with Gasteiger partial charge in [-0.25, -0.2) is 4.79 Å². The second-order valence-electron chi connectivity index (χ2n) is 9.42. The Morgan fingerprint density at radius 1 is 1.24 bits per heavy atom. The number of hydrogen-bond donors (Lipinski definition) is 3. The standard InChI is InChI=1S/C26H29NO4S.C3H4O3/c1-17-12-19(25-13-18-6-7-21(29-2)14-26(18)32-25)8-10-27(17)15-20(28)16-31-24-5-3-4-23-22(24)9-11-30-23;1-2(4)3(5)6/h3-7,9,11,13-14,17,19-20,28H,8,10,12,15-16H2,1-2H3;4H,1H2,(H,5,6). The summed E-state index contributed by atoms with van der Waals surface area (Å²) in [5.41, 5.74) is 0.798. The number of benzene rings is 2. The Morgan fingerprint density at radius 2 is 2.03 bits per heavy atom. The Morgan fingerprint density at radius 3 is 2.74 bits per heavy atom. The zero-order valence-electron chi connectivity index (χ0n) is 21.5. The van der Waals surface area contributed by atoms with Gasteiger partial charge in [-0.3, -0.25) is 4.90 Å². The first-order chi connectivity index (χ1) is 18.2. The van der Waals surface area contributed by atoms with Crippen LogP contribution in [0.5, 0.6) is 11.5 Å². The van der Waals surface area contributed by atoms with Crippen molar-refractivity contribution < 1.29 is 34.0 Å². The average Bonchev–Trinajstić information content (AvgIpc) is 3.56. The molecule has 0 spiro atoms. The first-order valence-electron chi connectivity index (χ1n) is 12.4. The number of rotatable bonds is 8. The number of aliphatic hydroxyl groups excluding tert-OH is 2. The van der Waals surface area contributed by atoms with Crippen LogP contribution in [0.1, 0.15) is 30.6 Å². The number of fused-ring (bicyclic) bond motifs is 2. The second kappa shape index (κ2) is 12.3. The summed E-state index contributed by atoms with van der Waals surface area (Å²) in [6.45, 7) is 6.86. The Balaban J connectivity index is 0.000000505. The SMILES string of the molecule is C=C(O)C(=O)O.COc1ccc2cc(C3CCN(CC(O)COc4cccc5occc45)C(C)C3)sc2c1. The number of carbonyl (C=O) groups is 1. The molecule has 9 heteroatoms. The first-order valence-corrected chi connectivity index (χ1v) is 13.3. The van der Waals surface area contributed by atoms with E-state index in [1.807, 2.05) is 41.7 Å². The smallest absolute Gasteiger partial charge is 0.370 e. The molecule has 3 N–H and O–H groups in total. The van der Waals surface area contributed by atoms with Gasteiger partial charge in [0.25, 0.3) is 0 Å². The number of aliphatic carboxylic acids is 1. The summed E-state index contributed by atoms with van der Waals surface area (Å²) in [7, 11) is 1.71. The van der Waals surface area contributed by atoms with Gasteiger partial charge in [0.15, 0.2) is 5.76 Å². The van der Waals surface area contributed by atoms with E-state index in [0.717, 1.165) is 41.9 Å². The number of thiophene rings is 1. The third-order valence-corrected chi connectivity index (χ3v) is 8.00. The van der Waals surface area contributed by atoms with Crippen molar-refractivity contribution >= 4 is 38.4 Å². The number of ether oxygens (including phenoxy) is 2. The number of piperidine rings is 1. The van der Waals surface area contributed by atoms with Crippen molar-refractivity contribution in [1.82, 2.24) is 4.90 Å². The molecule has 202 valence electrons. The normalized spacial score (nSPS) is 18.5.